The van der Waals surface area contributed by atoms with Gasteiger partial charge in [0.05, 0.1) is 12.2 Å². The maximum absolute atomic E-state index is 11.8. The van der Waals surface area contributed by atoms with Gasteiger partial charge in [0.1, 0.15) is 23.7 Å². The van der Waals surface area contributed by atoms with E-state index in [0.717, 1.165) is 0 Å². The van der Waals surface area contributed by atoms with Gasteiger partial charge in [-0.25, -0.2) is 4.57 Å². The average molecular weight is 302 g/mol. The highest BCUT2D eigenvalue weighted by molar-refractivity contribution is 8.55. The number of rotatable bonds is 3. The van der Waals surface area contributed by atoms with Crippen LogP contribution in [0.4, 0.5) is 0 Å². The van der Waals surface area contributed by atoms with Crippen molar-refractivity contribution in [2.24, 2.45) is 0 Å². The Morgan fingerprint density at radius 1 is 1.28 bits per heavy atom. The molecular weight excluding hydrogens is 283 g/mol. The second kappa shape index (κ2) is 5.76. The molecule has 7 nitrogen and oxygen atoms in total. The third kappa shape index (κ3) is 4.79. The molecule has 9 heteroatoms. The summed E-state index contributed by atoms with van der Waals surface area (Å²) in [5, 5.41) is 28.3. The third-order valence-corrected chi connectivity index (χ3v) is 5.39. The number of hydrogen-bond donors (Lipinski definition) is 4. The highest BCUT2D eigenvalue weighted by Gasteiger charge is 2.42. The summed E-state index contributed by atoms with van der Waals surface area (Å²) in [6.45, 7) is 0.611. The van der Waals surface area contributed by atoms with Gasteiger partial charge in [-0.1, -0.05) is 0 Å². The van der Waals surface area contributed by atoms with Gasteiger partial charge in [-0.15, -0.1) is 0 Å². The summed E-state index contributed by atoms with van der Waals surface area (Å²) in [7, 11) is 0. The number of aliphatic hydroxyl groups excluding tert-OH is 3. The fourth-order valence-corrected chi connectivity index (χ4v) is 4.94. The van der Waals surface area contributed by atoms with E-state index >= 15 is 0 Å². The fourth-order valence-electron chi connectivity index (χ4n) is 1.37. The molecule has 1 aliphatic heterocycles. The van der Waals surface area contributed by atoms with Crippen molar-refractivity contribution in [1.82, 2.24) is 0 Å². The lowest BCUT2D eigenvalue weighted by atomic mass is 10.1. The Morgan fingerprint density at radius 2 is 1.83 bits per heavy atom. The number of hydrogen-bond acceptors (Lipinski definition) is 7. The van der Waals surface area contributed by atoms with Crippen LogP contribution >= 0.6 is 18.2 Å². The van der Waals surface area contributed by atoms with Crippen LogP contribution in [0.3, 0.4) is 0 Å². The summed E-state index contributed by atoms with van der Waals surface area (Å²) in [5.41, 5.74) is -1.95. The summed E-state index contributed by atoms with van der Waals surface area (Å²) < 4.78 is 21.8. The summed E-state index contributed by atoms with van der Waals surface area (Å²) in [6.07, 6.45) is -4.08. The maximum atomic E-state index is 11.8. The van der Waals surface area contributed by atoms with Gasteiger partial charge in [-0.3, -0.25) is 4.52 Å². The first-order valence-electron chi connectivity index (χ1n) is 5.39. The van der Waals surface area contributed by atoms with Crippen LogP contribution < -0.4 is 0 Å². The highest BCUT2D eigenvalue weighted by Crippen LogP contribution is 2.61. The van der Waals surface area contributed by atoms with E-state index in [1.807, 2.05) is 0 Å². The van der Waals surface area contributed by atoms with Gasteiger partial charge < -0.3 is 24.9 Å². The molecule has 5 atom stereocenters. The summed E-state index contributed by atoms with van der Waals surface area (Å²) in [4.78, 5) is 9.63. The molecule has 1 aliphatic rings. The second-order valence-corrected chi connectivity index (χ2v) is 8.84. The Kier molecular flexibility index (Phi) is 5.25. The lowest BCUT2D eigenvalue weighted by Crippen LogP contribution is -2.51. The lowest BCUT2D eigenvalue weighted by molar-refractivity contribution is -0.161. The maximum Gasteiger partial charge on any atom is 0.389 e. The molecule has 0 radical (unpaired) electrons. The average Bonchev–Trinajstić information content (AvgIpc) is 2.15. The van der Waals surface area contributed by atoms with Crippen LogP contribution in [0.2, 0.25) is 0 Å². The Hall–Kier alpha value is 0.340. The summed E-state index contributed by atoms with van der Waals surface area (Å²) >= 11 is 0.409. The zero-order valence-electron chi connectivity index (χ0n) is 10.4. The minimum absolute atomic E-state index is 0.217. The molecule has 1 unspecified atom stereocenters. The largest absolute Gasteiger partial charge is 0.389 e. The zero-order chi connectivity index (χ0) is 14.1. The van der Waals surface area contributed by atoms with Gasteiger partial charge in [-0.05, 0) is 32.2 Å². The van der Waals surface area contributed by atoms with Crippen molar-refractivity contribution in [2.45, 2.75) is 50.1 Å². The Bertz CT molecular complexity index is 331. The molecule has 1 fully saturated rings. The third-order valence-electron chi connectivity index (χ3n) is 2.08. The summed E-state index contributed by atoms with van der Waals surface area (Å²) in [6, 6.07) is 0. The molecule has 108 valence electrons. The van der Waals surface area contributed by atoms with E-state index in [4.69, 9.17) is 9.26 Å². The van der Waals surface area contributed by atoms with Crippen LogP contribution in [-0.2, 0) is 13.8 Å². The van der Waals surface area contributed by atoms with Gasteiger partial charge >= 0.3 is 6.80 Å². The van der Waals surface area contributed by atoms with Gasteiger partial charge in [-0.2, -0.15) is 0 Å². The van der Waals surface area contributed by atoms with Gasteiger partial charge in [0.2, 0.25) is 0 Å². The van der Waals surface area contributed by atoms with E-state index in [-0.39, 0.29) is 6.61 Å². The molecule has 0 amide bonds. The predicted molar refractivity (Wildman–Crippen MR) is 66.0 cm³/mol. The number of ether oxygens (including phenoxy) is 1. The van der Waals surface area contributed by atoms with Crippen molar-refractivity contribution in [2.75, 3.05) is 6.61 Å². The van der Waals surface area contributed by atoms with E-state index in [9.17, 15) is 24.8 Å². The molecule has 0 spiro atoms. The molecule has 18 heavy (non-hydrogen) atoms. The molecule has 0 aliphatic carbocycles. The normalized spacial score (nSPS) is 37.3. The van der Waals surface area contributed by atoms with E-state index in [0.29, 0.717) is 11.4 Å². The van der Waals surface area contributed by atoms with E-state index < -0.39 is 36.1 Å². The van der Waals surface area contributed by atoms with Crippen LogP contribution in [0.15, 0.2) is 0 Å². The van der Waals surface area contributed by atoms with Crippen molar-refractivity contribution < 1.29 is 34.0 Å². The van der Waals surface area contributed by atoms with Crippen molar-refractivity contribution in [3.05, 3.63) is 0 Å². The van der Waals surface area contributed by atoms with Crippen LogP contribution in [-0.4, -0.2) is 56.2 Å². The molecule has 4 N–H and O–H groups in total. The molecule has 0 aromatic carbocycles. The van der Waals surface area contributed by atoms with Crippen LogP contribution in [0.1, 0.15) is 20.8 Å². The van der Waals surface area contributed by atoms with E-state index in [1.165, 1.54) is 0 Å². The molecular formula is C9H19O7PS. The molecule has 1 saturated heterocycles. The molecule has 1 rings (SSSR count). The second-order valence-electron chi connectivity index (χ2n) is 5.03. The molecule has 0 aromatic rings. The van der Waals surface area contributed by atoms with Crippen molar-refractivity contribution in [1.29, 1.82) is 0 Å². The standard InChI is InChI=1S/C9H19O7PS/c1-9(2,3)16-17(13,14)18-8-7(12)6(11)5(10)4-15-8/h5-8,10-12H,4H2,1-3H3,(H,13,14)/t5-,6+,7-,8+/m1/s1. The molecule has 0 bridgehead atoms. The first-order chi connectivity index (χ1) is 8.02. The Morgan fingerprint density at radius 3 is 2.33 bits per heavy atom. The minimum atomic E-state index is -4.03. The topological polar surface area (TPSA) is 116 Å². The quantitative estimate of drug-likeness (QED) is 0.541. The molecule has 1 heterocycles. The Balaban J connectivity index is 2.64. The number of aliphatic hydroxyl groups is 3. The predicted octanol–water partition coefficient (Wildman–Crippen LogP) is 0.0741. The van der Waals surface area contributed by atoms with Crippen molar-refractivity contribution in [3.8, 4) is 0 Å². The van der Waals surface area contributed by atoms with Gasteiger partial charge in [0.25, 0.3) is 0 Å². The first kappa shape index (κ1) is 16.4. The van der Waals surface area contributed by atoms with Crippen molar-refractivity contribution >= 4 is 18.2 Å². The summed E-state index contributed by atoms with van der Waals surface area (Å²) in [5.74, 6) is 0. The lowest BCUT2D eigenvalue weighted by Gasteiger charge is -2.35. The Labute approximate surface area is 109 Å². The SMILES string of the molecule is CC(C)(C)OP(=O)(O)S[C@@H]1OC[C@@H](O)[C@H](O)[C@H]1O. The molecule has 0 aromatic heterocycles. The van der Waals surface area contributed by atoms with Gasteiger partial charge in [0, 0.05) is 0 Å². The van der Waals surface area contributed by atoms with E-state index in [1.54, 1.807) is 20.8 Å². The van der Waals surface area contributed by atoms with Crippen molar-refractivity contribution in [3.63, 3.8) is 0 Å². The van der Waals surface area contributed by atoms with Crippen LogP contribution in [0, 0.1) is 0 Å². The van der Waals surface area contributed by atoms with E-state index in [2.05, 4.69) is 0 Å². The zero-order valence-corrected chi connectivity index (χ0v) is 12.1. The monoisotopic (exact) mass is 302 g/mol. The minimum Gasteiger partial charge on any atom is -0.388 e. The van der Waals surface area contributed by atoms with Gasteiger partial charge in [0.15, 0.2) is 0 Å². The van der Waals surface area contributed by atoms with Crippen LogP contribution in [0.5, 0.6) is 0 Å². The smallest absolute Gasteiger partial charge is 0.388 e. The first-order valence-corrected chi connectivity index (χ1v) is 8.46. The highest BCUT2D eigenvalue weighted by atomic mass is 32.7. The van der Waals surface area contributed by atoms with Crippen LogP contribution in [0.25, 0.3) is 0 Å². The molecule has 0 saturated carbocycles. The fraction of sp³-hybridized carbons (Fsp3) is 1.00.